The van der Waals surface area contributed by atoms with Crippen LogP contribution in [0.4, 0.5) is 0 Å². The van der Waals surface area contributed by atoms with Gasteiger partial charge in [-0.2, -0.15) is 0 Å². The van der Waals surface area contributed by atoms with Gasteiger partial charge in [0.25, 0.3) is 0 Å². The van der Waals surface area contributed by atoms with Crippen LogP contribution in [0.25, 0.3) is 0 Å². The third-order valence-electron chi connectivity index (χ3n) is 1.63. The Morgan fingerprint density at radius 2 is 2.45 bits per heavy atom. The van der Waals surface area contributed by atoms with Crippen LogP contribution in [0.1, 0.15) is 6.92 Å². The number of ether oxygens (including phenoxy) is 1. The van der Waals surface area contributed by atoms with Gasteiger partial charge < -0.3 is 10.1 Å². The molecule has 3 heteroatoms. The first-order chi connectivity index (χ1) is 5.25. The lowest BCUT2D eigenvalue weighted by Gasteiger charge is -2.13. The molecule has 3 nitrogen and oxygen atoms in total. The number of dihydropyridines is 1. The van der Waals surface area contributed by atoms with Crippen LogP contribution < -0.4 is 5.32 Å². The highest BCUT2D eigenvalue weighted by atomic mass is 16.5. The summed E-state index contributed by atoms with van der Waals surface area (Å²) in [5, 5.41) is 2.84. The molecule has 0 aromatic carbocycles. The van der Waals surface area contributed by atoms with Crippen LogP contribution in [-0.2, 0) is 9.53 Å². The van der Waals surface area contributed by atoms with Crippen molar-refractivity contribution < 1.29 is 9.53 Å². The maximum Gasteiger partial charge on any atom is 0.335 e. The van der Waals surface area contributed by atoms with Crippen molar-refractivity contribution in [2.75, 3.05) is 7.11 Å². The van der Waals surface area contributed by atoms with E-state index in [1.807, 2.05) is 13.0 Å². The molecule has 0 saturated carbocycles. The minimum absolute atomic E-state index is 0.142. The smallest absolute Gasteiger partial charge is 0.335 e. The SMILES string of the molecule is COC(=O)C1=CNC=CC1C. The van der Waals surface area contributed by atoms with Gasteiger partial charge in [-0.05, 0) is 6.20 Å². The van der Waals surface area contributed by atoms with Crippen LogP contribution in [0.2, 0.25) is 0 Å². The predicted octanol–water partition coefficient (Wildman–Crippen LogP) is 0.796. The first-order valence-corrected chi connectivity index (χ1v) is 3.47. The van der Waals surface area contributed by atoms with Crippen LogP contribution in [0.5, 0.6) is 0 Å². The van der Waals surface area contributed by atoms with E-state index in [9.17, 15) is 4.79 Å². The van der Waals surface area contributed by atoms with Crippen LogP contribution in [0, 0.1) is 5.92 Å². The Hall–Kier alpha value is -1.25. The van der Waals surface area contributed by atoms with Gasteiger partial charge in [0.2, 0.25) is 0 Å². The molecule has 0 saturated heterocycles. The zero-order valence-electron chi connectivity index (χ0n) is 6.63. The van der Waals surface area contributed by atoms with E-state index in [1.165, 1.54) is 7.11 Å². The number of esters is 1. The minimum Gasteiger partial charge on any atom is -0.466 e. The van der Waals surface area contributed by atoms with Gasteiger partial charge in [-0.15, -0.1) is 0 Å². The highest BCUT2D eigenvalue weighted by Gasteiger charge is 2.16. The van der Waals surface area contributed by atoms with Gasteiger partial charge in [-0.1, -0.05) is 13.0 Å². The molecule has 1 atom stereocenters. The van der Waals surface area contributed by atoms with E-state index in [-0.39, 0.29) is 11.9 Å². The Labute approximate surface area is 65.7 Å². The predicted molar refractivity (Wildman–Crippen MR) is 41.5 cm³/mol. The van der Waals surface area contributed by atoms with Gasteiger partial charge in [-0.25, -0.2) is 4.79 Å². The molecule has 1 aliphatic heterocycles. The standard InChI is InChI=1S/C8H11NO2/c1-6-3-4-9-5-7(6)8(10)11-2/h3-6,9H,1-2H3. The summed E-state index contributed by atoms with van der Waals surface area (Å²) in [7, 11) is 1.38. The lowest BCUT2D eigenvalue weighted by Crippen LogP contribution is -2.17. The number of hydrogen-bond donors (Lipinski definition) is 1. The largest absolute Gasteiger partial charge is 0.466 e. The van der Waals surface area contributed by atoms with Crippen molar-refractivity contribution in [2.45, 2.75) is 6.92 Å². The first-order valence-electron chi connectivity index (χ1n) is 3.47. The van der Waals surface area contributed by atoms with Gasteiger partial charge in [0.05, 0.1) is 12.7 Å². The molecule has 0 spiro atoms. The second-order valence-corrected chi connectivity index (χ2v) is 2.41. The number of carbonyl (C=O) groups is 1. The maximum atomic E-state index is 11.0. The molecule has 0 bridgehead atoms. The maximum absolute atomic E-state index is 11.0. The van der Waals surface area contributed by atoms with Crippen LogP contribution in [0.15, 0.2) is 24.0 Å². The summed E-state index contributed by atoms with van der Waals surface area (Å²) in [6.45, 7) is 1.94. The van der Waals surface area contributed by atoms with Gasteiger partial charge in [-0.3, -0.25) is 0 Å². The number of rotatable bonds is 1. The molecule has 0 aromatic heterocycles. The lowest BCUT2D eigenvalue weighted by atomic mass is 10.0. The number of hydrogen-bond acceptors (Lipinski definition) is 3. The van der Waals surface area contributed by atoms with Crippen molar-refractivity contribution in [3.05, 3.63) is 24.0 Å². The van der Waals surface area contributed by atoms with Crippen molar-refractivity contribution in [3.63, 3.8) is 0 Å². The number of carbonyl (C=O) groups excluding carboxylic acids is 1. The van der Waals surface area contributed by atoms with Crippen LogP contribution in [-0.4, -0.2) is 13.1 Å². The average molecular weight is 153 g/mol. The van der Waals surface area contributed by atoms with Crippen LogP contribution in [0.3, 0.4) is 0 Å². The average Bonchev–Trinajstić information content (AvgIpc) is 2.04. The molecule has 60 valence electrons. The van der Waals surface area contributed by atoms with E-state index in [0.29, 0.717) is 5.57 Å². The highest BCUT2D eigenvalue weighted by Crippen LogP contribution is 2.14. The fraction of sp³-hybridized carbons (Fsp3) is 0.375. The van der Waals surface area contributed by atoms with Crippen molar-refractivity contribution >= 4 is 5.97 Å². The van der Waals surface area contributed by atoms with E-state index in [1.54, 1.807) is 12.4 Å². The van der Waals surface area contributed by atoms with Gasteiger partial charge >= 0.3 is 5.97 Å². The fourth-order valence-electron chi connectivity index (χ4n) is 0.936. The molecule has 1 unspecified atom stereocenters. The normalized spacial score (nSPS) is 22.0. The second kappa shape index (κ2) is 3.23. The van der Waals surface area contributed by atoms with Crippen molar-refractivity contribution in [1.29, 1.82) is 0 Å². The summed E-state index contributed by atoms with van der Waals surface area (Å²) >= 11 is 0. The molecule has 1 rings (SSSR count). The summed E-state index contributed by atoms with van der Waals surface area (Å²) in [4.78, 5) is 11.0. The Balaban J connectivity index is 2.71. The number of allylic oxidation sites excluding steroid dienone is 1. The zero-order valence-corrected chi connectivity index (χ0v) is 6.63. The minimum atomic E-state index is -0.269. The molecule has 0 amide bonds. The molecule has 1 aliphatic rings. The molecule has 0 aliphatic carbocycles. The third kappa shape index (κ3) is 1.61. The lowest BCUT2D eigenvalue weighted by molar-refractivity contribution is -0.136. The Bertz CT molecular complexity index is 218. The molecule has 0 fully saturated rings. The fourth-order valence-corrected chi connectivity index (χ4v) is 0.936. The topological polar surface area (TPSA) is 38.3 Å². The number of methoxy groups -OCH3 is 1. The van der Waals surface area contributed by atoms with Crippen molar-refractivity contribution in [3.8, 4) is 0 Å². The molecular formula is C8H11NO2. The van der Waals surface area contributed by atoms with E-state index in [4.69, 9.17) is 0 Å². The summed E-state index contributed by atoms with van der Waals surface area (Å²) in [6.07, 6.45) is 5.37. The molecule has 1 N–H and O–H groups in total. The van der Waals surface area contributed by atoms with Gasteiger partial charge in [0.1, 0.15) is 0 Å². The molecular weight excluding hydrogens is 142 g/mol. The Morgan fingerprint density at radius 1 is 1.73 bits per heavy atom. The van der Waals surface area contributed by atoms with Crippen LogP contribution >= 0.6 is 0 Å². The summed E-state index contributed by atoms with van der Waals surface area (Å²) in [6, 6.07) is 0. The monoisotopic (exact) mass is 153 g/mol. The quantitative estimate of drug-likeness (QED) is 0.566. The zero-order chi connectivity index (χ0) is 8.27. The third-order valence-corrected chi connectivity index (χ3v) is 1.63. The van der Waals surface area contributed by atoms with Crippen molar-refractivity contribution in [2.24, 2.45) is 5.92 Å². The van der Waals surface area contributed by atoms with E-state index < -0.39 is 0 Å². The summed E-state index contributed by atoms with van der Waals surface area (Å²) < 4.78 is 4.58. The van der Waals surface area contributed by atoms with E-state index in [0.717, 1.165) is 0 Å². The molecule has 0 aromatic rings. The van der Waals surface area contributed by atoms with E-state index in [2.05, 4.69) is 10.1 Å². The highest BCUT2D eigenvalue weighted by molar-refractivity contribution is 5.89. The summed E-state index contributed by atoms with van der Waals surface area (Å²) in [5.41, 5.74) is 0.662. The molecule has 1 heterocycles. The first kappa shape index (κ1) is 7.85. The van der Waals surface area contributed by atoms with Gasteiger partial charge in [0.15, 0.2) is 0 Å². The van der Waals surface area contributed by atoms with Gasteiger partial charge in [0, 0.05) is 12.1 Å². The Morgan fingerprint density at radius 3 is 3.00 bits per heavy atom. The van der Waals surface area contributed by atoms with E-state index >= 15 is 0 Å². The molecule has 0 radical (unpaired) electrons. The summed E-state index contributed by atoms with van der Waals surface area (Å²) in [5.74, 6) is -0.127. The molecule has 11 heavy (non-hydrogen) atoms. The second-order valence-electron chi connectivity index (χ2n) is 2.41. The number of nitrogens with one attached hydrogen (secondary N) is 1. The van der Waals surface area contributed by atoms with Crippen molar-refractivity contribution in [1.82, 2.24) is 5.32 Å². The Kier molecular flexibility index (Phi) is 2.31.